The molecule has 1 heterocycles. The number of hydrogen-bond acceptors (Lipinski definition) is 7. The number of furan rings is 1. The summed E-state index contributed by atoms with van der Waals surface area (Å²) in [6.07, 6.45) is 1.46. The molecule has 31 heavy (non-hydrogen) atoms. The van der Waals surface area contributed by atoms with Crippen LogP contribution < -0.4 is 14.9 Å². The molecular weight excluding hydrogens is 470 g/mol. The molecular formula is C21H18BrN3O6. The first kappa shape index (κ1) is 22.0. The molecule has 1 N–H and O–H groups in total. The molecule has 0 aliphatic rings. The Hall–Kier alpha value is -3.66. The Labute approximate surface area is 185 Å². The lowest BCUT2D eigenvalue weighted by Gasteiger charge is -2.13. The highest BCUT2D eigenvalue weighted by Crippen LogP contribution is 2.37. The quantitative estimate of drug-likeness (QED) is 0.281. The molecule has 0 spiro atoms. The molecule has 0 fully saturated rings. The number of hydrazone groups is 1. The van der Waals surface area contributed by atoms with E-state index in [1.807, 2.05) is 0 Å². The van der Waals surface area contributed by atoms with Crippen molar-refractivity contribution >= 4 is 33.7 Å². The first-order chi connectivity index (χ1) is 14.9. The number of benzene rings is 2. The van der Waals surface area contributed by atoms with Crippen LogP contribution in [0.2, 0.25) is 0 Å². The highest BCUT2D eigenvalue weighted by Gasteiger charge is 2.13. The normalized spacial score (nSPS) is 10.8. The van der Waals surface area contributed by atoms with E-state index >= 15 is 0 Å². The summed E-state index contributed by atoms with van der Waals surface area (Å²) in [7, 11) is 1.50. The van der Waals surface area contributed by atoms with Crippen molar-refractivity contribution < 1.29 is 23.6 Å². The van der Waals surface area contributed by atoms with Crippen molar-refractivity contribution in [1.29, 1.82) is 0 Å². The summed E-state index contributed by atoms with van der Waals surface area (Å²) in [5.41, 5.74) is 3.83. The Bertz CT molecular complexity index is 1120. The number of carbonyl (C=O) groups excluding carboxylic acids is 1. The van der Waals surface area contributed by atoms with Gasteiger partial charge in [-0.15, -0.1) is 0 Å². The molecule has 0 radical (unpaired) electrons. The van der Waals surface area contributed by atoms with Crippen molar-refractivity contribution in [3.63, 3.8) is 0 Å². The second kappa shape index (κ2) is 9.90. The zero-order valence-corrected chi connectivity index (χ0v) is 18.2. The number of ether oxygens (including phenoxy) is 2. The predicted octanol–water partition coefficient (Wildman–Crippen LogP) is 4.61. The van der Waals surface area contributed by atoms with E-state index in [-0.39, 0.29) is 18.1 Å². The Kier molecular flexibility index (Phi) is 7.03. The fraction of sp³-hybridized carbons (Fsp3) is 0.143. The maximum absolute atomic E-state index is 12.0. The molecule has 0 aliphatic heterocycles. The fourth-order valence-corrected chi connectivity index (χ4v) is 3.18. The van der Waals surface area contributed by atoms with Gasteiger partial charge in [0.15, 0.2) is 17.3 Å². The summed E-state index contributed by atoms with van der Waals surface area (Å²) in [4.78, 5) is 22.3. The van der Waals surface area contributed by atoms with Crippen LogP contribution in [0, 0.1) is 17.0 Å². The smallest absolute Gasteiger partial charge is 0.307 e. The molecule has 1 amide bonds. The molecule has 3 rings (SSSR count). The van der Waals surface area contributed by atoms with Crippen LogP contribution in [0.15, 0.2) is 62.5 Å². The number of nitrogens with one attached hydrogen (secondary N) is 1. The van der Waals surface area contributed by atoms with E-state index in [1.165, 1.54) is 25.5 Å². The average Bonchev–Trinajstić information content (AvgIpc) is 3.19. The van der Waals surface area contributed by atoms with Crippen LogP contribution in [0.25, 0.3) is 0 Å². The highest BCUT2D eigenvalue weighted by atomic mass is 79.9. The van der Waals surface area contributed by atoms with Gasteiger partial charge in [0.05, 0.1) is 22.7 Å². The van der Waals surface area contributed by atoms with Crippen LogP contribution in [0.3, 0.4) is 0 Å². The standard InChI is InChI=1S/C21H18BrN3O6/c1-13-3-8-18(31-13)21(26)24-23-11-15-9-17(22)20(19(10-15)29-2)30-12-14-4-6-16(7-5-14)25(27)28/h3-11H,12H2,1-2H3,(H,24,26)/b23-11-. The Morgan fingerprint density at radius 1 is 1.26 bits per heavy atom. The summed E-state index contributed by atoms with van der Waals surface area (Å²) in [6.45, 7) is 1.94. The predicted molar refractivity (Wildman–Crippen MR) is 117 cm³/mol. The van der Waals surface area contributed by atoms with Gasteiger partial charge in [-0.05, 0) is 70.4 Å². The first-order valence-corrected chi connectivity index (χ1v) is 9.80. The SMILES string of the molecule is COc1cc(/C=N\NC(=O)c2ccc(C)o2)cc(Br)c1OCc1ccc([N+](=O)[O-])cc1. The number of amides is 1. The third-order valence-corrected chi connectivity index (χ3v) is 4.72. The Balaban J connectivity index is 1.67. The largest absolute Gasteiger partial charge is 0.493 e. The van der Waals surface area contributed by atoms with Gasteiger partial charge in [0.2, 0.25) is 0 Å². The van der Waals surface area contributed by atoms with Crippen molar-refractivity contribution in [3.8, 4) is 11.5 Å². The highest BCUT2D eigenvalue weighted by molar-refractivity contribution is 9.10. The molecule has 9 nitrogen and oxygen atoms in total. The summed E-state index contributed by atoms with van der Waals surface area (Å²) in [5.74, 6) is 1.26. The molecule has 3 aromatic rings. The molecule has 0 saturated carbocycles. The summed E-state index contributed by atoms with van der Waals surface area (Å²) in [5, 5.41) is 14.7. The van der Waals surface area contributed by atoms with Gasteiger partial charge in [-0.3, -0.25) is 14.9 Å². The monoisotopic (exact) mass is 487 g/mol. The Morgan fingerprint density at radius 2 is 2.00 bits per heavy atom. The molecule has 0 aliphatic carbocycles. The summed E-state index contributed by atoms with van der Waals surface area (Å²) < 4.78 is 17.1. The van der Waals surface area contributed by atoms with Crippen LogP contribution in [-0.2, 0) is 6.61 Å². The van der Waals surface area contributed by atoms with Crippen LogP contribution in [-0.4, -0.2) is 24.2 Å². The lowest BCUT2D eigenvalue weighted by molar-refractivity contribution is -0.384. The molecule has 1 aromatic heterocycles. The van der Waals surface area contributed by atoms with Gasteiger partial charge in [0.1, 0.15) is 12.4 Å². The molecule has 0 unspecified atom stereocenters. The van der Waals surface area contributed by atoms with Crippen molar-refractivity contribution in [2.45, 2.75) is 13.5 Å². The number of aryl methyl sites for hydroxylation is 1. The van der Waals surface area contributed by atoms with Crippen LogP contribution in [0.4, 0.5) is 5.69 Å². The third kappa shape index (κ3) is 5.70. The van der Waals surface area contributed by atoms with Gasteiger partial charge in [-0.25, -0.2) is 5.43 Å². The van der Waals surface area contributed by atoms with E-state index in [2.05, 4.69) is 26.5 Å². The fourth-order valence-electron chi connectivity index (χ4n) is 2.60. The minimum absolute atomic E-state index is 0.0143. The second-order valence-electron chi connectivity index (χ2n) is 6.36. The Morgan fingerprint density at radius 3 is 2.61 bits per heavy atom. The van der Waals surface area contributed by atoms with Gasteiger partial charge in [0, 0.05) is 12.1 Å². The molecule has 0 saturated heterocycles. The lowest BCUT2D eigenvalue weighted by atomic mass is 10.2. The van der Waals surface area contributed by atoms with Gasteiger partial charge in [0.25, 0.3) is 5.69 Å². The molecule has 10 heteroatoms. The van der Waals surface area contributed by atoms with Crippen LogP contribution in [0.1, 0.15) is 27.4 Å². The van der Waals surface area contributed by atoms with Crippen LogP contribution in [0.5, 0.6) is 11.5 Å². The maximum atomic E-state index is 12.0. The minimum atomic E-state index is -0.460. The molecule has 2 aromatic carbocycles. The van der Waals surface area contributed by atoms with E-state index < -0.39 is 10.8 Å². The van der Waals surface area contributed by atoms with Crippen molar-refractivity contribution in [2.75, 3.05) is 7.11 Å². The molecule has 160 valence electrons. The number of non-ortho nitro benzene ring substituents is 1. The number of halogens is 1. The van der Waals surface area contributed by atoms with Gasteiger partial charge in [-0.1, -0.05) is 0 Å². The lowest BCUT2D eigenvalue weighted by Crippen LogP contribution is -2.16. The van der Waals surface area contributed by atoms with Gasteiger partial charge >= 0.3 is 5.91 Å². The number of nitro groups is 1. The number of rotatable bonds is 8. The molecule has 0 bridgehead atoms. The van der Waals surface area contributed by atoms with Crippen molar-refractivity contribution in [3.05, 3.63) is 85.8 Å². The number of carbonyl (C=O) groups is 1. The van der Waals surface area contributed by atoms with Crippen LogP contribution >= 0.6 is 15.9 Å². The first-order valence-electron chi connectivity index (χ1n) is 9.01. The zero-order valence-electron chi connectivity index (χ0n) is 16.6. The number of hydrogen-bond donors (Lipinski definition) is 1. The van der Waals surface area contributed by atoms with Gasteiger partial charge in [-0.2, -0.15) is 5.10 Å². The van der Waals surface area contributed by atoms with Crippen molar-refractivity contribution in [1.82, 2.24) is 5.43 Å². The summed E-state index contributed by atoms with van der Waals surface area (Å²) in [6, 6.07) is 12.8. The molecule has 0 atom stereocenters. The topological polar surface area (TPSA) is 116 Å². The summed E-state index contributed by atoms with van der Waals surface area (Å²) >= 11 is 3.45. The van der Waals surface area contributed by atoms with E-state index in [0.29, 0.717) is 27.3 Å². The van der Waals surface area contributed by atoms with Crippen molar-refractivity contribution in [2.24, 2.45) is 5.10 Å². The zero-order chi connectivity index (χ0) is 22.4. The second-order valence-corrected chi connectivity index (χ2v) is 7.21. The third-order valence-electron chi connectivity index (χ3n) is 4.13. The van der Waals surface area contributed by atoms with E-state index in [9.17, 15) is 14.9 Å². The minimum Gasteiger partial charge on any atom is -0.493 e. The van der Waals surface area contributed by atoms with E-state index in [4.69, 9.17) is 13.9 Å². The number of methoxy groups -OCH3 is 1. The van der Waals surface area contributed by atoms with Gasteiger partial charge < -0.3 is 13.9 Å². The van der Waals surface area contributed by atoms with E-state index in [1.54, 1.807) is 43.3 Å². The van der Waals surface area contributed by atoms with E-state index in [0.717, 1.165) is 5.56 Å². The maximum Gasteiger partial charge on any atom is 0.307 e. The average molecular weight is 488 g/mol. The number of nitro benzene ring substituents is 1. The number of nitrogens with zero attached hydrogens (tertiary/aromatic N) is 2.